The minimum absolute atomic E-state index is 0.151. The maximum Gasteiger partial charge on any atom is 0.266 e. The highest BCUT2D eigenvalue weighted by Gasteiger charge is 2.29. The number of carbonyl (C=O) groups is 2. The number of rotatable bonds is 3. The summed E-state index contributed by atoms with van der Waals surface area (Å²) in [5.41, 5.74) is 7.12. The molecule has 1 aliphatic rings. The second-order valence-corrected chi connectivity index (χ2v) is 5.77. The second kappa shape index (κ2) is 6.37. The third-order valence-corrected chi connectivity index (χ3v) is 3.78. The molecule has 8 heteroatoms. The summed E-state index contributed by atoms with van der Waals surface area (Å²) in [7, 11) is 0. The number of aryl methyl sites for hydroxylation is 1. The molecule has 124 valence electrons. The van der Waals surface area contributed by atoms with E-state index in [0.29, 0.717) is 16.5 Å². The molecular formula is C16H15ClN4O3. The lowest BCUT2D eigenvalue weighted by atomic mass is 10.2. The fraction of sp³-hybridized carbons (Fsp3) is 0.188. The highest BCUT2D eigenvalue weighted by Crippen LogP contribution is 2.30. The Morgan fingerprint density at radius 3 is 3.00 bits per heavy atom. The number of carbonyl (C=O) groups excluding carboxylic acids is 2. The van der Waals surface area contributed by atoms with Crippen LogP contribution in [-0.4, -0.2) is 29.9 Å². The molecule has 0 spiro atoms. The summed E-state index contributed by atoms with van der Waals surface area (Å²) in [4.78, 5) is 29.8. The van der Waals surface area contributed by atoms with Crippen molar-refractivity contribution >= 4 is 40.7 Å². The number of nitrogens with one attached hydrogen (secondary N) is 1. The van der Waals surface area contributed by atoms with Gasteiger partial charge in [-0.15, -0.1) is 0 Å². The molecule has 2 amide bonds. The van der Waals surface area contributed by atoms with Crippen molar-refractivity contribution in [1.82, 2.24) is 4.98 Å². The number of benzene rings is 1. The van der Waals surface area contributed by atoms with Gasteiger partial charge in [0.1, 0.15) is 12.4 Å². The molecule has 0 saturated heterocycles. The first-order valence-corrected chi connectivity index (χ1v) is 7.57. The van der Waals surface area contributed by atoms with Crippen LogP contribution in [0.1, 0.15) is 5.56 Å². The standard InChI is InChI=1S/C16H15ClN4O3/c1-9-2-3-10(17)6-11(9)19-14(22)7-21-15(23)8-24-12-4-5-13(18)20-16(12)21/h2-6H,7-8H2,1H3,(H2,18,20)(H,19,22). The molecule has 0 fully saturated rings. The zero-order chi connectivity index (χ0) is 17.3. The molecule has 1 aromatic carbocycles. The lowest BCUT2D eigenvalue weighted by Crippen LogP contribution is -2.44. The van der Waals surface area contributed by atoms with E-state index in [2.05, 4.69) is 10.3 Å². The van der Waals surface area contributed by atoms with Crippen molar-refractivity contribution in [1.29, 1.82) is 0 Å². The summed E-state index contributed by atoms with van der Waals surface area (Å²) in [5, 5.41) is 3.26. The van der Waals surface area contributed by atoms with Crippen molar-refractivity contribution in [2.45, 2.75) is 6.92 Å². The fourth-order valence-electron chi connectivity index (χ4n) is 2.32. The molecule has 3 rings (SSSR count). The first kappa shape index (κ1) is 16.1. The Bertz CT molecular complexity index is 825. The van der Waals surface area contributed by atoms with Crippen LogP contribution in [0.25, 0.3) is 0 Å². The third kappa shape index (κ3) is 3.26. The van der Waals surface area contributed by atoms with Crippen LogP contribution in [0.15, 0.2) is 30.3 Å². The molecule has 2 heterocycles. The van der Waals surface area contributed by atoms with E-state index in [4.69, 9.17) is 22.1 Å². The van der Waals surface area contributed by atoms with Gasteiger partial charge < -0.3 is 15.8 Å². The molecule has 3 N–H and O–H groups in total. The minimum atomic E-state index is -0.370. The molecule has 0 radical (unpaired) electrons. The normalized spacial score (nSPS) is 13.2. The zero-order valence-corrected chi connectivity index (χ0v) is 13.6. The van der Waals surface area contributed by atoms with Crippen LogP contribution < -0.4 is 20.7 Å². The van der Waals surface area contributed by atoms with E-state index in [1.54, 1.807) is 30.3 Å². The smallest absolute Gasteiger partial charge is 0.266 e. The highest BCUT2D eigenvalue weighted by atomic mass is 35.5. The number of nitrogens with zero attached hydrogens (tertiary/aromatic N) is 2. The zero-order valence-electron chi connectivity index (χ0n) is 12.9. The predicted octanol–water partition coefficient (Wildman–Crippen LogP) is 1.99. The minimum Gasteiger partial charge on any atom is -0.480 e. The Labute approximate surface area is 143 Å². The van der Waals surface area contributed by atoms with Crippen molar-refractivity contribution in [3.63, 3.8) is 0 Å². The Hall–Kier alpha value is -2.80. The number of fused-ring (bicyclic) bond motifs is 1. The van der Waals surface area contributed by atoms with E-state index >= 15 is 0 Å². The van der Waals surface area contributed by atoms with Gasteiger partial charge in [-0.1, -0.05) is 17.7 Å². The Balaban J connectivity index is 1.80. The van der Waals surface area contributed by atoms with Crippen molar-refractivity contribution in [2.24, 2.45) is 0 Å². The van der Waals surface area contributed by atoms with Gasteiger partial charge in [-0.05, 0) is 36.8 Å². The van der Waals surface area contributed by atoms with Gasteiger partial charge >= 0.3 is 0 Å². The van der Waals surface area contributed by atoms with Gasteiger partial charge in [0.05, 0.1) is 0 Å². The largest absolute Gasteiger partial charge is 0.480 e. The first-order valence-electron chi connectivity index (χ1n) is 7.20. The molecule has 7 nitrogen and oxygen atoms in total. The van der Waals surface area contributed by atoms with E-state index in [-0.39, 0.29) is 36.6 Å². The number of pyridine rings is 1. The summed E-state index contributed by atoms with van der Waals surface area (Å²) in [6.07, 6.45) is 0. The number of hydrogen-bond donors (Lipinski definition) is 2. The number of halogens is 1. The van der Waals surface area contributed by atoms with Crippen molar-refractivity contribution in [3.8, 4) is 5.75 Å². The maximum atomic E-state index is 12.3. The molecule has 2 aromatic rings. The van der Waals surface area contributed by atoms with Crippen LogP contribution in [0.2, 0.25) is 5.02 Å². The van der Waals surface area contributed by atoms with Crippen LogP contribution in [0.4, 0.5) is 17.3 Å². The molecule has 0 unspecified atom stereocenters. The van der Waals surface area contributed by atoms with Crippen molar-refractivity contribution in [3.05, 3.63) is 40.9 Å². The van der Waals surface area contributed by atoms with Crippen LogP contribution in [0.3, 0.4) is 0 Å². The number of hydrogen-bond acceptors (Lipinski definition) is 5. The second-order valence-electron chi connectivity index (χ2n) is 5.33. The SMILES string of the molecule is Cc1ccc(Cl)cc1NC(=O)CN1C(=O)COc2ccc(N)nc21. The third-order valence-electron chi connectivity index (χ3n) is 3.54. The van der Waals surface area contributed by atoms with Gasteiger partial charge in [0.2, 0.25) is 5.91 Å². The summed E-state index contributed by atoms with van der Waals surface area (Å²) in [6.45, 7) is 1.50. The van der Waals surface area contributed by atoms with E-state index in [0.717, 1.165) is 5.56 Å². The van der Waals surface area contributed by atoms with E-state index in [1.165, 1.54) is 4.90 Å². The molecule has 0 aliphatic carbocycles. The Morgan fingerprint density at radius 1 is 1.42 bits per heavy atom. The van der Waals surface area contributed by atoms with E-state index in [1.807, 2.05) is 6.92 Å². The number of nitrogen functional groups attached to an aromatic ring is 1. The molecular weight excluding hydrogens is 332 g/mol. The van der Waals surface area contributed by atoms with Crippen molar-refractivity contribution in [2.75, 3.05) is 29.1 Å². The van der Waals surface area contributed by atoms with Gasteiger partial charge in [0, 0.05) is 10.7 Å². The van der Waals surface area contributed by atoms with Gasteiger partial charge in [-0.2, -0.15) is 0 Å². The van der Waals surface area contributed by atoms with Gasteiger partial charge in [0.15, 0.2) is 18.2 Å². The molecule has 1 aliphatic heterocycles. The number of nitrogens with two attached hydrogens (primary N) is 1. The maximum absolute atomic E-state index is 12.3. The van der Waals surface area contributed by atoms with E-state index < -0.39 is 0 Å². The summed E-state index contributed by atoms with van der Waals surface area (Å²) in [6, 6.07) is 8.38. The van der Waals surface area contributed by atoms with Crippen LogP contribution in [0.5, 0.6) is 5.75 Å². The molecule has 24 heavy (non-hydrogen) atoms. The van der Waals surface area contributed by atoms with Crippen LogP contribution >= 0.6 is 11.6 Å². The van der Waals surface area contributed by atoms with Crippen LogP contribution in [-0.2, 0) is 9.59 Å². The molecule has 0 atom stereocenters. The average Bonchev–Trinajstić information content (AvgIpc) is 2.54. The summed E-state index contributed by atoms with van der Waals surface area (Å²) < 4.78 is 5.30. The quantitative estimate of drug-likeness (QED) is 0.885. The van der Waals surface area contributed by atoms with E-state index in [9.17, 15) is 9.59 Å². The summed E-state index contributed by atoms with van der Waals surface area (Å²) in [5.74, 6) is 0.159. The monoisotopic (exact) mass is 346 g/mol. The number of aromatic nitrogens is 1. The Morgan fingerprint density at radius 2 is 2.21 bits per heavy atom. The van der Waals surface area contributed by atoms with Gasteiger partial charge in [0.25, 0.3) is 5.91 Å². The number of amides is 2. The number of anilines is 3. The van der Waals surface area contributed by atoms with Crippen molar-refractivity contribution < 1.29 is 14.3 Å². The lowest BCUT2D eigenvalue weighted by molar-refractivity contribution is -0.123. The predicted molar refractivity (Wildman–Crippen MR) is 91.3 cm³/mol. The van der Waals surface area contributed by atoms with Gasteiger partial charge in [-0.3, -0.25) is 14.5 Å². The molecule has 1 aromatic heterocycles. The topological polar surface area (TPSA) is 97.5 Å². The molecule has 0 saturated carbocycles. The summed E-state index contributed by atoms with van der Waals surface area (Å²) >= 11 is 5.94. The fourth-order valence-corrected chi connectivity index (χ4v) is 2.49. The van der Waals surface area contributed by atoms with Gasteiger partial charge in [-0.25, -0.2) is 4.98 Å². The number of ether oxygens (including phenoxy) is 1. The van der Waals surface area contributed by atoms with Crippen LogP contribution in [0, 0.1) is 6.92 Å². The Kier molecular flexibility index (Phi) is 4.26. The average molecular weight is 347 g/mol. The molecule has 0 bridgehead atoms. The highest BCUT2D eigenvalue weighted by molar-refractivity contribution is 6.31. The lowest BCUT2D eigenvalue weighted by Gasteiger charge is -2.27. The first-order chi connectivity index (χ1) is 11.4.